The van der Waals surface area contributed by atoms with Gasteiger partial charge in [0.1, 0.15) is 41.5 Å². The number of anilines is 2. The number of aromatic hydroxyl groups is 2. The number of fused-ring (bicyclic) bond motifs is 2. The minimum Gasteiger partial charge on any atom is -0.594 e. The molecule has 0 aliphatic heterocycles. The Morgan fingerprint density at radius 2 is 0.813 bits per heavy atom. The fourth-order valence-electron chi connectivity index (χ4n) is 8.28. The zero-order valence-corrected chi connectivity index (χ0v) is 50.8. The van der Waals surface area contributed by atoms with Gasteiger partial charge in [-0.15, -0.1) is 23.2 Å². The van der Waals surface area contributed by atoms with Crippen molar-refractivity contribution in [3.63, 3.8) is 0 Å². The van der Waals surface area contributed by atoms with Gasteiger partial charge >= 0.3 is 0 Å². The van der Waals surface area contributed by atoms with Crippen LogP contribution < -0.4 is 11.5 Å². The second-order valence-corrected chi connectivity index (χ2v) is 26.8. The molecule has 0 heterocycles. The molecule has 0 unspecified atom stereocenters. The topological polar surface area (TPSA) is 568 Å². The number of benzene rings is 8. The Morgan fingerprint density at radius 3 is 1.30 bits per heavy atom. The molecule has 0 aromatic heterocycles. The van der Waals surface area contributed by atoms with E-state index in [9.17, 15) is 80.3 Å². The maximum atomic E-state index is 13.5. The third-order valence-corrected chi connectivity index (χ3v) is 18.6. The summed E-state index contributed by atoms with van der Waals surface area (Å²) in [5.41, 5.74) is 7.95. The molecular formula is C48H36N8O27S8. The summed E-state index contributed by atoms with van der Waals surface area (Å²) in [6, 6.07) is 19.5. The number of nitrogen functional groups attached to an aromatic ring is 2. The van der Waals surface area contributed by atoms with Crippen molar-refractivity contribution in [2.45, 2.75) is 39.2 Å². The molecule has 14 N–H and O–H groups in total. The first-order valence-corrected chi connectivity index (χ1v) is 33.1. The fraction of sp³-hybridized carbons (Fsp3) is 0. The number of phenolic OH excluding ortho intramolecular Hbond substituents is 2. The molecule has 0 saturated heterocycles. The van der Waals surface area contributed by atoms with E-state index in [1.807, 2.05) is 0 Å². The van der Waals surface area contributed by atoms with Crippen molar-refractivity contribution >= 4 is 178 Å². The van der Waals surface area contributed by atoms with Crippen LogP contribution in [-0.2, 0) is 78.7 Å². The highest BCUT2D eigenvalue weighted by Gasteiger charge is 2.29. The van der Waals surface area contributed by atoms with Gasteiger partial charge in [-0.3, -0.25) is 22.8 Å². The Balaban J connectivity index is 1.06. The molecule has 43 heteroatoms. The Morgan fingerprint density at radius 1 is 0.418 bits per heavy atom. The van der Waals surface area contributed by atoms with E-state index in [1.54, 1.807) is 0 Å². The number of nitrogens with two attached hydrogens (primary N) is 2. The highest BCUT2D eigenvalue weighted by molar-refractivity contribution is 7.95. The average molecular weight is 1410 g/mol. The van der Waals surface area contributed by atoms with Crippen LogP contribution in [0.4, 0.5) is 45.5 Å². The largest absolute Gasteiger partial charge is 0.594 e. The molecule has 8 aromatic carbocycles. The maximum absolute atomic E-state index is 13.5. The monoisotopic (exact) mass is 1410 g/mol. The van der Waals surface area contributed by atoms with Crippen LogP contribution in [0.25, 0.3) is 45.8 Å². The van der Waals surface area contributed by atoms with Crippen LogP contribution in [0, 0.1) is 5.21 Å². The summed E-state index contributed by atoms with van der Waals surface area (Å²) in [6.07, 6.45) is 4.85. The molecular weight excluding hydrogens is 1380 g/mol. The molecule has 8 rings (SSSR count). The number of azo groups is 3. The summed E-state index contributed by atoms with van der Waals surface area (Å²) >= 11 is 0.941. The van der Waals surface area contributed by atoms with Crippen LogP contribution in [0.2, 0.25) is 0 Å². The van der Waals surface area contributed by atoms with Crippen molar-refractivity contribution in [3.8, 4) is 11.5 Å². The molecule has 0 fully saturated rings. The first-order valence-electron chi connectivity index (χ1n) is 23.7. The summed E-state index contributed by atoms with van der Waals surface area (Å²) in [5, 5.41) is 91.4. The first kappa shape index (κ1) is 68.7. The second kappa shape index (κ2) is 27.7. The van der Waals surface area contributed by atoms with Gasteiger partial charge in [-0.1, -0.05) is 62.5 Å². The number of hydrogen-bond acceptors (Lipinski definition) is 32. The SMILES string of the molecule is Nc1ccc2c(O)c(N=Nc3ccc(/C=C/c4ccc(N=[N+]([O-])c5ccc(/C=C/c6ccc(N=Nc7c(S(=O)(=O)O)cc8c(S(=O)(=O)O)c(N)ccc8c7O)cc6S(=O)(=O)O)c(SOOO)c5)cc4S(=O)(=O)O)c(SOOO)c3)c(SOOO)cc2c1S(=O)(=O)O. The molecule has 0 amide bonds. The van der Waals surface area contributed by atoms with Crippen LogP contribution in [0.3, 0.4) is 0 Å². The van der Waals surface area contributed by atoms with Gasteiger partial charge in [0.05, 0.1) is 68.7 Å². The van der Waals surface area contributed by atoms with Gasteiger partial charge in [0, 0.05) is 43.7 Å². The van der Waals surface area contributed by atoms with E-state index in [0.29, 0.717) is 30.2 Å². The molecule has 0 saturated carbocycles. The lowest BCUT2D eigenvalue weighted by molar-refractivity contribution is -0.435. The summed E-state index contributed by atoms with van der Waals surface area (Å²) in [4.78, 5) is -4.82. The predicted octanol–water partition coefficient (Wildman–Crippen LogP) is 11.2. The van der Waals surface area contributed by atoms with E-state index < -0.39 is 114 Å². The number of phenols is 2. The molecule has 8 aromatic rings. The lowest BCUT2D eigenvalue weighted by Gasteiger charge is -2.12. The average Bonchev–Trinajstić information content (AvgIpc) is 0.813. The molecule has 0 spiro atoms. The second-order valence-electron chi connectivity index (χ2n) is 17.7. The third-order valence-electron chi connectivity index (χ3n) is 12.1. The zero-order valence-electron chi connectivity index (χ0n) is 44.2. The van der Waals surface area contributed by atoms with E-state index in [0.717, 1.165) is 72.8 Å². The summed E-state index contributed by atoms with van der Waals surface area (Å²) in [6.45, 7) is 0. The first-order chi connectivity index (χ1) is 42.7. The van der Waals surface area contributed by atoms with E-state index >= 15 is 0 Å². The Labute approximate surface area is 523 Å². The molecule has 0 bridgehead atoms. The van der Waals surface area contributed by atoms with E-state index in [-0.39, 0.29) is 93.1 Å². The van der Waals surface area contributed by atoms with Crippen LogP contribution in [0.15, 0.2) is 174 Å². The van der Waals surface area contributed by atoms with Crippen LogP contribution >= 0.6 is 36.1 Å². The Kier molecular flexibility index (Phi) is 20.9. The van der Waals surface area contributed by atoms with Gasteiger partial charge in [0.25, 0.3) is 50.6 Å². The van der Waals surface area contributed by atoms with Crippen molar-refractivity contribution < 1.29 is 124 Å². The molecule has 91 heavy (non-hydrogen) atoms. The molecule has 35 nitrogen and oxygen atoms in total. The van der Waals surface area contributed by atoms with Crippen molar-refractivity contribution in [3.05, 3.63) is 137 Å². The van der Waals surface area contributed by atoms with Crippen LogP contribution in [0.1, 0.15) is 22.3 Å². The van der Waals surface area contributed by atoms with Crippen LogP contribution in [-0.4, -0.2) is 95.7 Å². The van der Waals surface area contributed by atoms with Gasteiger partial charge < -0.3 is 26.9 Å². The smallest absolute Gasteiger partial charge is 0.297 e. The number of nitrogens with zero attached hydrogens (tertiary/aromatic N) is 6. The molecule has 0 aliphatic carbocycles. The summed E-state index contributed by atoms with van der Waals surface area (Å²) in [7, 11) is -25.7. The number of rotatable bonds is 24. The van der Waals surface area contributed by atoms with E-state index in [1.165, 1.54) is 54.6 Å². The maximum Gasteiger partial charge on any atom is 0.297 e. The quantitative estimate of drug-likeness (QED) is 0.00391. The van der Waals surface area contributed by atoms with Crippen molar-refractivity contribution in [1.82, 2.24) is 0 Å². The molecule has 0 radical (unpaired) electrons. The summed E-state index contributed by atoms with van der Waals surface area (Å²) in [5.74, 6) is -1.78. The Hall–Kier alpha value is -8.20. The van der Waals surface area contributed by atoms with E-state index in [4.69, 9.17) is 27.2 Å². The van der Waals surface area contributed by atoms with E-state index in [2.05, 4.69) is 53.7 Å². The van der Waals surface area contributed by atoms with Gasteiger partial charge in [-0.05, 0) is 101 Å². The lowest BCUT2D eigenvalue weighted by atomic mass is 10.1. The lowest BCUT2D eigenvalue weighted by Crippen LogP contribution is -2.06. The normalized spacial score (nSPS) is 13.1. The standard InChI is InChI=1S/C48H36N8O27S8/c49-35-15-13-31-33(47(35)90(72,73)74)21-39(86-83-80-62)43(45(31)57)53-51-27-9-5-23(37(17-27)84-81-78-60)1-3-26-7-11-29(19-41(26)88(66,67)68)55-56(59)30-12-8-24(38(20-30)85-82-79-61)2-4-25-6-10-28(18-40(25)87(63,64)65)52-54-44-42(89(69,70)71)22-34-32(46(44)58)14-16-36(50)48(34)91(75,76)77/h1-22,57-58,60-62H,49-50H2,(H,63,64,65)(H,66,67,68)(H,69,70,71)(H,72,73,74)(H,75,76,77)/b3-1+,4-2+,53-51?,54-52?,56-55?. The fourth-order valence-corrected chi connectivity index (χ4v) is 13.5. The molecule has 0 aliphatic rings. The summed E-state index contributed by atoms with van der Waals surface area (Å²) < 4.78 is 188. The van der Waals surface area contributed by atoms with Gasteiger partial charge in [0.2, 0.25) is 5.69 Å². The van der Waals surface area contributed by atoms with Crippen LogP contribution in [0.5, 0.6) is 11.5 Å². The predicted molar refractivity (Wildman–Crippen MR) is 318 cm³/mol. The minimum atomic E-state index is -5.37. The van der Waals surface area contributed by atoms with Gasteiger partial charge in [-0.2, -0.15) is 52.3 Å². The van der Waals surface area contributed by atoms with Gasteiger partial charge in [0.15, 0.2) is 11.5 Å². The van der Waals surface area contributed by atoms with Crippen molar-refractivity contribution in [2.24, 2.45) is 25.6 Å². The zero-order chi connectivity index (χ0) is 66.5. The third kappa shape index (κ3) is 16.1. The highest BCUT2D eigenvalue weighted by atomic mass is 32.2. The highest BCUT2D eigenvalue weighted by Crippen LogP contribution is 2.48. The number of hydrogen-bond donors (Lipinski definition) is 12. The molecule has 0 atom stereocenters. The Bertz CT molecular complexity index is 5020. The molecule has 478 valence electrons. The van der Waals surface area contributed by atoms with Crippen molar-refractivity contribution in [2.75, 3.05) is 11.5 Å². The van der Waals surface area contributed by atoms with Gasteiger partial charge in [-0.25, -0.2) is 15.8 Å². The van der Waals surface area contributed by atoms with Crippen molar-refractivity contribution in [1.29, 1.82) is 0 Å². The minimum absolute atomic E-state index is 0.00280.